The van der Waals surface area contributed by atoms with Crippen molar-refractivity contribution in [2.24, 2.45) is 4.99 Å². The molecule has 0 amide bonds. The first kappa shape index (κ1) is 23.3. The molecule has 0 fully saturated rings. The van der Waals surface area contributed by atoms with Crippen molar-refractivity contribution >= 4 is 29.2 Å². The van der Waals surface area contributed by atoms with E-state index in [1.807, 2.05) is 29.8 Å². The Bertz CT molecular complexity index is 1410. The smallest absolute Gasteiger partial charge is 0.203 e. The fourth-order valence-corrected chi connectivity index (χ4v) is 3.96. The molecule has 0 unspecified atom stereocenters. The molecular formula is C25H31N9. The van der Waals surface area contributed by atoms with Gasteiger partial charge < -0.3 is 9.88 Å². The normalized spacial score (nSPS) is 13.2. The largest absolute Gasteiger partial charge is 0.365 e. The molecule has 4 heterocycles. The van der Waals surface area contributed by atoms with Crippen molar-refractivity contribution in [3.63, 3.8) is 0 Å². The Morgan fingerprint density at radius 3 is 2.56 bits per heavy atom. The number of pyridine rings is 1. The molecule has 0 aliphatic heterocycles. The first-order chi connectivity index (χ1) is 16.2. The maximum atomic E-state index is 4.96. The first-order valence-electron chi connectivity index (χ1n) is 11.4. The van der Waals surface area contributed by atoms with Gasteiger partial charge in [-0.3, -0.25) is 14.4 Å². The van der Waals surface area contributed by atoms with Gasteiger partial charge in [0.25, 0.3) is 0 Å². The lowest BCUT2D eigenvalue weighted by molar-refractivity contribution is 0.643. The predicted octanol–water partition coefficient (Wildman–Crippen LogP) is 5.12. The van der Waals surface area contributed by atoms with Crippen LogP contribution in [0.1, 0.15) is 58.1 Å². The van der Waals surface area contributed by atoms with E-state index in [9.17, 15) is 0 Å². The summed E-state index contributed by atoms with van der Waals surface area (Å²) in [5.41, 5.74) is 4.88. The Morgan fingerprint density at radius 2 is 1.91 bits per heavy atom. The maximum absolute atomic E-state index is 4.96. The molecule has 34 heavy (non-hydrogen) atoms. The first-order valence-corrected chi connectivity index (χ1v) is 11.4. The highest BCUT2D eigenvalue weighted by molar-refractivity contribution is 5.81. The van der Waals surface area contributed by atoms with E-state index in [1.54, 1.807) is 6.08 Å². The quantitative estimate of drug-likeness (QED) is 0.291. The maximum Gasteiger partial charge on any atom is 0.203 e. The molecule has 4 rings (SSSR count). The van der Waals surface area contributed by atoms with E-state index in [1.165, 1.54) is 0 Å². The van der Waals surface area contributed by atoms with E-state index in [0.717, 1.165) is 28.2 Å². The van der Waals surface area contributed by atoms with E-state index in [4.69, 9.17) is 9.97 Å². The number of aliphatic imine (C=N–C) groups is 1. The van der Waals surface area contributed by atoms with Gasteiger partial charge in [-0.05, 0) is 52.5 Å². The Labute approximate surface area is 199 Å². The zero-order chi connectivity index (χ0) is 24.6. The molecule has 4 aromatic rings. The number of hydrogen-bond acceptors (Lipinski definition) is 7. The van der Waals surface area contributed by atoms with Gasteiger partial charge in [-0.25, -0.2) is 9.97 Å². The van der Waals surface area contributed by atoms with Crippen LogP contribution in [0, 0.1) is 6.92 Å². The Hall–Kier alpha value is -3.88. The summed E-state index contributed by atoms with van der Waals surface area (Å²) >= 11 is 0. The van der Waals surface area contributed by atoms with Crippen LogP contribution in [0.3, 0.4) is 0 Å². The van der Waals surface area contributed by atoms with Crippen molar-refractivity contribution < 1.29 is 0 Å². The van der Waals surface area contributed by atoms with Crippen LogP contribution < -0.4 is 5.32 Å². The summed E-state index contributed by atoms with van der Waals surface area (Å²) in [6.07, 6.45) is 7.33. The lowest BCUT2D eigenvalue weighted by Gasteiger charge is -2.19. The van der Waals surface area contributed by atoms with Crippen LogP contribution in [0.15, 0.2) is 47.9 Å². The van der Waals surface area contributed by atoms with Crippen LogP contribution in [0.25, 0.3) is 28.2 Å². The van der Waals surface area contributed by atoms with Crippen molar-refractivity contribution in [1.29, 1.82) is 0 Å². The zero-order valence-corrected chi connectivity index (χ0v) is 20.6. The number of fused-ring (bicyclic) bond motifs is 2. The molecule has 0 aromatic carbocycles. The summed E-state index contributed by atoms with van der Waals surface area (Å²) in [5.74, 6) is 2.41. The van der Waals surface area contributed by atoms with Gasteiger partial charge in [0.2, 0.25) is 5.65 Å². The van der Waals surface area contributed by atoms with Crippen LogP contribution in [-0.2, 0) is 0 Å². The van der Waals surface area contributed by atoms with Gasteiger partial charge in [-0.1, -0.05) is 26.5 Å². The number of nitrogens with zero attached hydrogens (tertiary/aromatic N) is 8. The third kappa shape index (κ3) is 4.09. The third-order valence-electron chi connectivity index (χ3n) is 5.69. The number of rotatable bonds is 8. The third-order valence-corrected chi connectivity index (χ3v) is 5.69. The molecule has 0 bridgehead atoms. The molecule has 0 saturated heterocycles. The average Bonchev–Trinajstić information content (AvgIpc) is 3.37. The zero-order valence-electron chi connectivity index (χ0n) is 20.6. The molecule has 176 valence electrons. The highest BCUT2D eigenvalue weighted by atomic mass is 15.3. The van der Waals surface area contributed by atoms with Crippen molar-refractivity contribution in [2.75, 3.05) is 5.32 Å². The van der Waals surface area contributed by atoms with Crippen LogP contribution in [0.4, 0.5) is 5.82 Å². The van der Waals surface area contributed by atoms with Crippen molar-refractivity contribution in [3.05, 3.63) is 54.4 Å². The monoisotopic (exact) mass is 457 g/mol. The second kappa shape index (κ2) is 9.17. The molecule has 9 heteroatoms. The fourth-order valence-electron chi connectivity index (χ4n) is 3.96. The standard InChI is InChI=1S/C25H31N9/c1-9-10-18(26-8)16(6)34-22-11-19(14(2)3)27-12-20(22)30-24(34)21-13-33-17(7)31-32-25(33)23(29-21)28-15(4)5/h9-16H,1,8H2,2-7H3,(H,28,29)/b18-10-/t16-/m0/s1. The Balaban J connectivity index is 2.05. The van der Waals surface area contributed by atoms with Gasteiger partial charge in [0.05, 0.1) is 23.5 Å². The van der Waals surface area contributed by atoms with Crippen molar-refractivity contribution in [3.8, 4) is 11.5 Å². The summed E-state index contributed by atoms with van der Waals surface area (Å²) < 4.78 is 4.07. The number of anilines is 1. The fraction of sp³-hybridized carbons (Fsp3) is 0.360. The molecule has 0 radical (unpaired) electrons. The molecule has 0 aliphatic carbocycles. The van der Waals surface area contributed by atoms with Crippen molar-refractivity contribution in [2.45, 2.75) is 59.5 Å². The number of nitrogens with one attached hydrogen (secondary N) is 1. The minimum Gasteiger partial charge on any atom is -0.365 e. The molecule has 9 nitrogen and oxygen atoms in total. The summed E-state index contributed by atoms with van der Waals surface area (Å²) in [5, 5.41) is 12.0. The Kier molecular flexibility index (Phi) is 6.28. The van der Waals surface area contributed by atoms with Gasteiger partial charge in [0, 0.05) is 17.9 Å². The van der Waals surface area contributed by atoms with Crippen LogP contribution >= 0.6 is 0 Å². The Morgan fingerprint density at radius 1 is 1.15 bits per heavy atom. The predicted molar refractivity (Wildman–Crippen MR) is 137 cm³/mol. The van der Waals surface area contributed by atoms with E-state index in [2.05, 4.69) is 84.0 Å². The number of aromatic nitrogens is 7. The van der Waals surface area contributed by atoms with E-state index in [-0.39, 0.29) is 18.0 Å². The number of aryl methyl sites for hydroxylation is 1. The topological polar surface area (TPSA) is 98.2 Å². The van der Waals surface area contributed by atoms with Crippen LogP contribution in [0.2, 0.25) is 0 Å². The van der Waals surface area contributed by atoms with Crippen LogP contribution in [0.5, 0.6) is 0 Å². The molecule has 4 aromatic heterocycles. The molecule has 0 spiro atoms. The van der Waals surface area contributed by atoms with Gasteiger partial charge in [-0.2, -0.15) is 0 Å². The minimum absolute atomic E-state index is 0.168. The van der Waals surface area contributed by atoms with Gasteiger partial charge >= 0.3 is 0 Å². The van der Waals surface area contributed by atoms with E-state index >= 15 is 0 Å². The van der Waals surface area contributed by atoms with E-state index < -0.39 is 0 Å². The molecule has 0 aliphatic rings. The lowest BCUT2D eigenvalue weighted by atomic mass is 10.1. The summed E-state index contributed by atoms with van der Waals surface area (Å²) in [4.78, 5) is 18.8. The van der Waals surface area contributed by atoms with Crippen molar-refractivity contribution in [1.82, 2.24) is 34.1 Å². The molecule has 1 atom stereocenters. The molecule has 0 saturated carbocycles. The highest BCUT2D eigenvalue weighted by Gasteiger charge is 2.23. The number of imidazole rings is 1. The number of hydrogen-bond donors (Lipinski definition) is 1. The van der Waals surface area contributed by atoms with Gasteiger partial charge in [0.15, 0.2) is 11.6 Å². The van der Waals surface area contributed by atoms with E-state index in [0.29, 0.717) is 23.0 Å². The second-order valence-corrected chi connectivity index (χ2v) is 8.93. The minimum atomic E-state index is -0.168. The lowest BCUT2D eigenvalue weighted by Crippen LogP contribution is -2.14. The molecular weight excluding hydrogens is 426 g/mol. The molecule has 1 N–H and O–H groups in total. The SMILES string of the molecule is C=C/C=C(\N=C)[C@H](C)n1c(-c2cn3c(C)nnc3c(NC(C)C)n2)nc2cnc(C(C)C)cc21. The van der Waals surface area contributed by atoms with Gasteiger partial charge in [0.1, 0.15) is 17.0 Å². The second-order valence-electron chi connectivity index (χ2n) is 8.93. The average molecular weight is 458 g/mol. The van der Waals surface area contributed by atoms with Crippen LogP contribution in [-0.4, -0.2) is 46.9 Å². The summed E-state index contributed by atoms with van der Waals surface area (Å²) in [6, 6.07) is 2.10. The summed E-state index contributed by atoms with van der Waals surface area (Å²) in [6.45, 7) is 20.0. The summed E-state index contributed by atoms with van der Waals surface area (Å²) in [7, 11) is 0. The van der Waals surface area contributed by atoms with Gasteiger partial charge in [-0.15, -0.1) is 10.2 Å². The highest BCUT2D eigenvalue weighted by Crippen LogP contribution is 2.33. The number of allylic oxidation sites excluding steroid dienone is 3.